The molecule has 152 valence electrons. The molecule has 0 aliphatic carbocycles. The summed E-state index contributed by atoms with van der Waals surface area (Å²) in [4.78, 5) is 25.0. The number of amides is 1. The lowest BCUT2D eigenvalue weighted by Gasteiger charge is -2.08. The molecule has 2 aromatic heterocycles. The number of esters is 1. The summed E-state index contributed by atoms with van der Waals surface area (Å²) in [6, 6.07) is 8.96. The van der Waals surface area contributed by atoms with E-state index in [4.69, 9.17) is 9.47 Å². The van der Waals surface area contributed by atoms with Crippen LogP contribution in [-0.2, 0) is 11.2 Å². The Morgan fingerprint density at radius 3 is 2.52 bits per heavy atom. The van der Waals surface area contributed by atoms with E-state index in [9.17, 15) is 9.59 Å². The van der Waals surface area contributed by atoms with Crippen LogP contribution in [0.4, 0.5) is 5.00 Å². The monoisotopic (exact) mass is 413 g/mol. The highest BCUT2D eigenvalue weighted by molar-refractivity contribution is 7.15. The first-order valence-corrected chi connectivity index (χ1v) is 10.0. The first-order valence-electron chi connectivity index (χ1n) is 9.13. The van der Waals surface area contributed by atoms with Gasteiger partial charge in [0.15, 0.2) is 5.69 Å². The summed E-state index contributed by atoms with van der Waals surface area (Å²) in [6.45, 7) is 4.14. The summed E-state index contributed by atoms with van der Waals surface area (Å²) in [5.74, 6) is 0.266. The van der Waals surface area contributed by atoms with Crippen molar-refractivity contribution in [3.63, 3.8) is 0 Å². The van der Waals surface area contributed by atoms with Crippen molar-refractivity contribution in [1.82, 2.24) is 9.78 Å². The number of rotatable bonds is 7. The SMILES string of the molecule is COC(=O)c1c(CC(C)C)csc1NC(=O)c1ccn(-c2ccc(OC)cc2)n1. The molecule has 0 saturated carbocycles. The second kappa shape index (κ2) is 8.91. The molecule has 3 aromatic rings. The lowest BCUT2D eigenvalue weighted by atomic mass is 10.0. The van der Waals surface area contributed by atoms with Gasteiger partial charge in [0.2, 0.25) is 0 Å². The number of carbonyl (C=O) groups excluding carboxylic acids is 2. The number of hydrogen-bond acceptors (Lipinski definition) is 6. The minimum Gasteiger partial charge on any atom is -0.497 e. The molecule has 0 atom stereocenters. The zero-order valence-corrected chi connectivity index (χ0v) is 17.6. The Bertz CT molecular complexity index is 1010. The van der Waals surface area contributed by atoms with Gasteiger partial charge in [-0.15, -0.1) is 11.3 Å². The second-order valence-electron chi connectivity index (χ2n) is 6.85. The second-order valence-corrected chi connectivity index (χ2v) is 7.73. The van der Waals surface area contributed by atoms with Gasteiger partial charge in [0.1, 0.15) is 10.8 Å². The topological polar surface area (TPSA) is 82.5 Å². The van der Waals surface area contributed by atoms with Crippen molar-refractivity contribution in [2.24, 2.45) is 5.92 Å². The lowest BCUT2D eigenvalue weighted by Crippen LogP contribution is -2.16. The minimum absolute atomic E-state index is 0.246. The molecule has 29 heavy (non-hydrogen) atoms. The van der Waals surface area contributed by atoms with Gasteiger partial charge in [-0.1, -0.05) is 13.8 Å². The van der Waals surface area contributed by atoms with Crippen LogP contribution >= 0.6 is 11.3 Å². The summed E-state index contributed by atoms with van der Waals surface area (Å²) in [5, 5.41) is 9.49. The number of hydrogen-bond donors (Lipinski definition) is 1. The van der Waals surface area contributed by atoms with Crippen molar-refractivity contribution in [2.75, 3.05) is 19.5 Å². The highest BCUT2D eigenvalue weighted by Crippen LogP contribution is 2.31. The van der Waals surface area contributed by atoms with E-state index in [1.165, 1.54) is 18.4 Å². The van der Waals surface area contributed by atoms with Crippen LogP contribution in [0.15, 0.2) is 41.9 Å². The van der Waals surface area contributed by atoms with Crippen molar-refractivity contribution < 1.29 is 19.1 Å². The Kier molecular flexibility index (Phi) is 6.33. The molecule has 0 aliphatic rings. The van der Waals surface area contributed by atoms with Crippen molar-refractivity contribution in [2.45, 2.75) is 20.3 Å². The third-order valence-electron chi connectivity index (χ3n) is 4.27. The third-order valence-corrected chi connectivity index (χ3v) is 5.21. The number of aromatic nitrogens is 2. The van der Waals surface area contributed by atoms with Crippen LogP contribution in [0.1, 0.15) is 40.3 Å². The molecule has 2 heterocycles. The van der Waals surface area contributed by atoms with Gasteiger partial charge >= 0.3 is 5.97 Å². The van der Waals surface area contributed by atoms with E-state index in [-0.39, 0.29) is 11.6 Å². The van der Waals surface area contributed by atoms with Gasteiger partial charge in [0.25, 0.3) is 5.91 Å². The maximum absolute atomic E-state index is 12.7. The van der Waals surface area contributed by atoms with Gasteiger partial charge in [0, 0.05) is 6.20 Å². The molecule has 1 amide bonds. The van der Waals surface area contributed by atoms with Gasteiger partial charge in [-0.3, -0.25) is 4.79 Å². The molecule has 0 fully saturated rings. The molecule has 7 nitrogen and oxygen atoms in total. The third kappa shape index (κ3) is 4.65. The van der Waals surface area contributed by atoms with E-state index in [0.29, 0.717) is 16.5 Å². The number of nitrogens with zero attached hydrogens (tertiary/aromatic N) is 2. The average Bonchev–Trinajstić information content (AvgIpc) is 3.35. The van der Waals surface area contributed by atoms with Crippen LogP contribution in [0.5, 0.6) is 5.75 Å². The van der Waals surface area contributed by atoms with Crippen molar-refractivity contribution in [3.8, 4) is 11.4 Å². The van der Waals surface area contributed by atoms with E-state index >= 15 is 0 Å². The van der Waals surface area contributed by atoms with Gasteiger partial charge in [-0.25, -0.2) is 9.48 Å². The fraction of sp³-hybridized carbons (Fsp3) is 0.286. The molecule has 0 bridgehead atoms. The van der Waals surface area contributed by atoms with Gasteiger partial charge < -0.3 is 14.8 Å². The minimum atomic E-state index is -0.457. The molecule has 0 unspecified atom stereocenters. The van der Waals surface area contributed by atoms with Crippen LogP contribution in [0.2, 0.25) is 0 Å². The summed E-state index contributed by atoms with van der Waals surface area (Å²) in [7, 11) is 2.94. The van der Waals surface area contributed by atoms with Gasteiger partial charge in [0.05, 0.1) is 25.5 Å². The van der Waals surface area contributed by atoms with Crippen LogP contribution < -0.4 is 10.1 Å². The van der Waals surface area contributed by atoms with E-state index in [0.717, 1.165) is 23.4 Å². The van der Waals surface area contributed by atoms with Crippen molar-refractivity contribution >= 4 is 28.2 Å². The molecule has 0 saturated heterocycles. The van der Waals surface area contributed by atoms with Crippen molar-refractivity contribution in [1.29, 1.82) is 0 Å². The van der Waals surface area contributed by atoms with E-state index in [2.05, 4.69) is 24.3 Å². The first kappa shape index (κ1) is 20.6. The van der Waals surface area contributed by atoms with Gasteiger partial charge in [-0.2, -0.15) is 5.10 Å². The molecule has 8 heteroatoms. The fourth-order valence-corrected chi connectivity index (χ4v) is 3.85. The first-order chi connectivity index (χ1) is 13.9. The number of methoxy groups -OCH3 is 2. The van der Waals surface area contributed by atoms with E-state index in [1.54, 1.807) is 24.1 Å². The predicted molar refractivity (Wildman–Crippen MR) is 112 cm³/mol. The summed E-state index contributed by atoms with van der Waals surface area (Å²) < 4.78 is 11.7. The van der Waals surface area contributed by atoms with Crippen LogP contribution in [0.25, 0.3) is 5.69 Å². The van der Waals surface area contributed by atoms with E-state index in [1.807, 2.05) is 29.6 Å². The Labute approximate surface area is 173 Å². The fourth-order valence-electron chi connectivity index (χ4n) is 2.89. The number of anilines is 1. The van der Waals surface area contributed by atoms with Crippen molar-refractivity contribution in [3.05, 3.63) is 58.7 Å². The zero-order valence-electron chi connectivity index (χ0n) is 16.8. The molecule has 0 radical (unpaired) electrons. The Balaban J connectivity index is 1.81. The standard InChI is InChI=1S/C21H23N3O4S/c1-13(2)11-14-12-29-20(18(14)21(26)28-4)22-19(25)17-9-10-24(23-17)15-5-7-16(27-3)8-6-15/h5-10,12-13H,11H2,1-4H3,(H,22,25). The smallest absolute Gasteiger partial charge is 0.341 e. The number of ether oxygens (including phenoxy) is 2. The zero-order chi connectivity index (χ0) is 21.0. The summed E-state index contributed by atoms with van der Waals surface area (Å²) >= 11 is 1.31. The molecule has 0 spiro atoms. The molecular formula is C21H23N3O4S. The Hall–Kier alpha value is -3.13. The number of benzene rings is 1. The van der Waals surface area contributed by atoms with Crippen LogP contribution in [0, 0.1) is 5.92 Å². The predicted octanol–water partition coefficient (Wildman–Crippen LogP) is 4.18. The maximum Gasteiger partial charge on any atom is 0.341 e. The Morgan fingerprint density at radius 1 is 1.17 bits per heavy atom. The normalized spacial score (nSPS) is 10.8. The summed E-state index contributed by atoms with van der Waals surface area (Å²) in [5.41, 5.74) is 2.33. The van der Waals surface area contributed by atoms with Crippen LogP contribution in [-0.4, -0.2) is 35.9 Å². The van der Waals surface area contributed by atoms with Crippen LogP contribution in [0.3, 0.4) is 0 Å². The molecule has 0 aliphatic heterocycles. The lowest BCUT2D eigenvalue weighted by molar-refractivity contribution is 0.0601. The molecule has 3 rings (SSSR count). The molecule has 1 aromatic carbocycles. The average molecular weight is 413 g/mol. The largest absolute Gasteiger partial charge is 0.497 e. The van der Waals surface area contributed by atoms with E-state index < -0.39 is 5.97 Å². The summed E-state index contributed by atoms with van der Waals surface area (Å²) in [6.07, 6.45) is 2.43. The Morgan fingerprint density at radius 2 is 1.90 bits per heavy atom. The highest BCUT2D eigenvalue weighted by atomic mass is 32.1. The number of nitrogens with one attached hydrogen (secondary N) is 1. The molecular weight excluding hydrogens is 390 g/mol. The number of thiophene rings is 1. The highest BCUT2D eigenvalue weighted by Gasteiger charge is 2.22. The quantitative estimate of drug-likeness (QED) is 0.588. The van der Waals surface area contributed by atoms with Gasteiger partial charge in [-0.05, 0) is 53.6 Å². The maximum atomic E-state index is 12.7. The number of carbonyl (C=O) groups is 2. The molecule has 1 N–H and O–H groups in total.